The fraction of sp³-hybridized carbons (Fsp3) is 1.00. The fourth-order valence-electron chi connectivity index (χ4n) is 2.33. The van der Waals surface area contributed by atoms with Crippen molar-refractivity contribution in [3.63, 3.8) is 0 Å². The highest BCUT2D eigenvalue weighted by Gasteiger charge is 2.71. The van der Waals surface area contributed by atoms with Crippen LogP contribution in [0.3, 0.4) is 0 Å². The van der Waals surface area contributed by atoms with Crippen LogP contribution >= 0.6 is 0 Å². The minimum absolute atomic E-state index is 0.0161. The summed E-state index contributed by atoms with van der Waals surface area (Å²) in [7, 11) is 1.49. The van der Waals surface area contributed by atoms with Crippen LogP contribution in [0.4, 0.5) is 8.78 Å². The zero-order valence-electron chi connectivity index (χ0n) is 9.06. The molecule has 1 atom stereocenters. The lowest BCUT2D eigenvalue weighted by molar-refractivity contribution is 0.00435. The maximum Gasteiger partial charge on any atom is 0.258 e. The van der Waals surface area contributed by atoms with E-state index in [-0.39, 0.29) is 13.0 Å². The number of methoxy groups -OCH3 is 1. The second kappa shape index (κ2) is 3.96. The molecule has 1 saturated carbocycles. The molecule has 1 saturated heterocycles. The van der Waals surface area contributed by atoms with Crippen molar-refractivity contribution in [2.75, 3.05) is 46.4 Å². The van der Waals surface area contributed by atoms with E-state index in [2.05, 4.69) is 10.2 Å². The van der Waals surface area contributed by atoms with E-state index in [1.165, 1.54) is 7.11 Å². The highest BCUT2D eigenvalue weighted by atomic mass is 19.3. The molecule has 0 bridgehead atoms. The Balaban J connectivity index is 1.90. The van der Waals surface area contributed by atoms with Crippen LogP contribution in [0.2, 0.25) is 0 Å². The number of alkyl halides is 2. The van der Waals surface area contributed by atoms with Crippen LogP contribution in [0.25, 0.3) is 0 Å². The van der Waals surface area contributed by atoms with Crippen LogP contribution in [0.15, 0.2) is 0 Å². The third-order valence-electron chi connectivity index (χ3n) is 3.37. The first-order chi connectivity index (χ1) is 7.10. The van der Waals surface area contributed by atoms with Gasteiger partial charge in [0.1, 0.15) is 0 Å². The molecule has 2 rings (SSSR count). The van der Waals surface area contributed by atoms with Crippen LogP contribution in [-0.4, -0.2) is 57.3 Å². The molecule has 0 amide bonds. The summed E-state index contributed by atoms with van der Waals surface area (Å²) in [6, 6.07) is 0. The number of halogens is 2. The standard InChI is InChI=1S/C10H18F2N2O/c1-15-8-9(6-10(9,11)12)7-14-4-2-13-3-5-14/h13H,2-8H2,1H3. The number of hydrogen-bond donors (Lipinski definition) is 1. The van der Waals surface area contributed by atoms with Crippen LogP contribution in [0.1, 0.15) is 6.42 Å². The van der Waals surface area contributed by atoms with Crippen molar-refractivity contribution in [1.29, 1.82) is 0 Å². The van der Waals surface area contributed by atoms with Crippen molar-refractivity contribution in [2.24, 2.45) is 5.41 Å². The van der Waals surface area contributed by atoms with Gasteiger partial charge in [0.2, 0.25) is 0 Å². The molecule has 15 heavy (non-hydrogen) atoms. The monoisotopic (exact) mass is 220 g/mol. The molecule has 0 aromatic heterocycles. The fourth-order valence-corrected chi connectivity index (χ4v) is 2.33. The minimum atomic E-state index is -2.52. The summed E-state index contributed by atoms with van der Waals surface area (Å²) < 4.78 is 31.5. The van der Waals surface area contributed by atoms with Crippen LogP contribution in [0, 0.1) is 5.41 Å². The summed E-state index contributed by atoms with van der Waals surface area (Å²) >= 11 is 0. The smallest absolute Gasteiger partial charge is 0.258 e. The van der Waals surface area contributed by atoms with Crippen LogP contribution in [-0.2, 0) is 4.74 Å². The number of hydrogen-bond acceptors (Lipinski definition) is 3. The topological polar surface area (TPSA) is 24.5 Å². The molecule has 0 aromatic carbocycles. The average molecular weight is 220 g/mol. The highest BCUT2D eigenvalue weighted by Crippen LogP contribution is 2.60. The third-order valence-corrected chi connectivity index (χ3v) is 3.37. The Kier molecular flexibility index (Phi) is 2.96. The van der Waals surface area contributed by atoms with Gasteiger partial charge in [-0.3, -0.25) is 4.90 Å². The number of piperazine rings is 1. The Bertz CT molecular complexity index is 231. The zero-order chi connectivity index (χ0) is 10.9. The van der Waals surface area contributed by atoms with Crippen molar-refractivity contribution >= 4 is 0 Å². The van der Waals surface area contributed by atoms with Gasteiger partial charge in [0.15, 0.2) is 0 Å². The molecule has 0 aromatic rings. The lowest BCUT2D eigenvalue weighted by Crippen LogP contribution is -2.47. The molecule has 1 N–H and O–H groups in total. The summed E-state index contributed by atoms with van der Waals surface area (Å²) in [4.78, 5) is 2.11. The molecule has 1 unspecified atom stereocenters. The van der Waals surface area contributed by atoms with Crippen LogP contribution < -0.4 is 5.32 Å². The van der Waals surface area contributed by atoms with Gasteiger partial charge in [-0.15, -0.1) is 0 Å². The van der Waals surface area contributed by atoms with E-state index in [1.54, 1.807) is 0 Å². The summed E-state index contributed by atoms with van der Waals surface area (Å²) in [5.41, 5.74) is -0.904. The molecular formula is C10H18F2N2O. The van der Waals surface area contributed by atoms with Gasteiger partial charge in [0, 0.05) is 46.3 Å². The molecule has 3 nitrogen and oxygen atoms in total. The lowest BCUT2D eigenvalue weighted by Gasteiger charge is -2.30. The number of ether oxygens (including phenoxy) is 1. The Morgan fingerprint density at radius 1 is 1.33 bits per heavy atom. The molecule has 2 fully saturated rings. The first-order valence-electron chi connectivity index (χ1n) is 5.39. The van der Waals surface area contributed by atoms with Gasteiger partial charge >= 0.3 is 0 Å². The second-order valence-electron chi connectivity index (χ2n) is 4.62. The van der Waals surface area contributed by atoms with Gasteiger partial charge in [-0.05, 0) is 0 Å². The summed E-state index contributed by atoms with van der Waals surface area (Å²) in [6.07, 6.45) is -0.0161. The maximum atomic E-state index is 13.3. The van der Waals surface area contributed by atoms with Gasteiger partial charge in [-0.25, -0.2) is 8.78 Å². The first kappa shape index (κ1) is 11.2. The summed E-state index contributed by atoms with van der Waals surface area (Å²) in [6.45, 7) is 4.16. The number of rotatable bonds is 4. The molecule has 0 radical (unpaired) electrons. The van der Waals surface area contributed by atoms with E-state index in [0.717, 1.165) is 26.2 Å². The van der Waals surface area contributed by atoms with Crippen LogP contribution in [0.5, 0.6) is 0 Å². The molecule has 2 aliphatic rings. The van der Waals surface area contributed by atoms with Gasteiger partial charge in [-0.1, -0.05) is 0 Å². The normalized spacial score (nSPS) is 35.4. The predicted octanol–water partition coefficient (Wildman–Crippen LogP) is 0.563. The van der Waals surface area contributed by atoms with E-state index in [9.17, 15) is 8.78 Å². The van der Waals surface area contributed by atoms with Crippen molar-refractivity contribution in [2.45, 2.75) is 12.3 Å². The quantitative estimate of drug-likeness (QED) is 0.749. The van der Waals surface area contributed by atoms with E-state index in [4.69, 9.17) is 4.74 Å². The Labute approximate surface area is 88.8 Å². The van der Waals surface area contributed by atoms with Gasteiger partial charge in [0.25, 0.3) is 5.92 Å². The van der Waals surface area contributed by atoms with E-state index < -0.39 is 11.3 Å². The van der Waals surface area contributed by atoms with Crippen molar-refractivity contribution in [3.05, 3.63) is 0 Å². The molecule has 5 heteroatoms. The van der Waals surface area contributed by atoms with Gasteiger partial charge in [-0.2, -0.15) is 0 Å². The van der Waals surface area contributed by atoms with Crippen molar-refractivity contribution in [1.82, 2.24) is 10.2 Å². The van der Waals surface area contributed by atoms with E-state index >= 15 is 0 Å². The van der Waals surface area contributed by atoms with E-state index in [1.807, 2.05) is 0 Å². The maximum absolute atomic E-state index is 13.3. The molecule has 1 aliphatic carbocycles. The minimum Gasteiger partial charge on any atom is -0.384 e. The number of nitrogens with zero attached hydrogens (tertiary/aromatic N) is 1. The highest BCUT2D eigenvalue weighted by molar-refractivity contribution is 5.11. The van der Waals surface area contributed by atoms with Crippen molar-refractivity contribution < 1.29 is 13.5 Å². The lowest BCUT2D eigenvalue weighted by atomic mass is 10.1. The van der Waals surface area contributed by atoms with Gasteiger partial charge in [0.05, 0.1) is 12.0 Å². The Morgan fingerprint density at radius 2 is 1.93 bits per heavy atom. The largest absolute Gasteiger partial charge is 0.384 e. The SMILES string of the molecule is COCC1(CN2CCNCC2)CC1(F)F. The summed E-state index contributed by atoms with van der Waals surface area (Å²) in [5, 5.41) is 3.21. The second-order valence-corrected chi connectivity index (χ2v) is 4.62. The van der Waals surface area contributed by atoms with Gasteiger partial charge < -0.3 is 10.1 Å². The molecule has 1 heterocycles. The number of nitrogens with one attached hydrogen (secondary N) is 1. The predicted molar refractivity (Wildman–Crippen MR) is 53.2 cm³/mol. The third kappa shape index (κ3) is 2.14. The van der Waals surface area contributed by atoms with E-state index in [0.29, 0.717) is 6.54 Å². The van der Waals surface area contributed by atoms with Crippen molar-refractivity contribution in [3.8, 4) is 0 Å². The molecule has 1 aliphatic heterocycles. The first-order valence-corrected chi connectivity index (χ1v) is 5.39. The average Bonchev–Trinajstić information content (AvgIpc) is 2.69. The molecular weight excluding hydrogens is 202 g/mol. The molecule has 88 valence electrons. The molecule has 0 spiro atoms. The Morgan fingerprint density at radius 3 is 2.40 bits per heavy atom. The summed E-state index contributed by atoms with van der Waals surface area (Å²) in [5.74, 6) is -2.52. The Hall–Kier alpha value is -0.260. The zero-order valence-corrected chi connectivity index (χ0v) is 9.06.